The number of aromatic nitrogens is 2. The van der Waals surface area contributed by atoms with E-state index in [0.29, 0.717) is 21.5 Å². The minimum Gasteiger partial charge on any atom is -0.382 e. The lowest BCUT2D eigenvalue weighted by Crippen LogP contribution is -2.23. The van der Waals surface area contributed by atoms with E-state index in [4.69, 9.17) is 17.3 Å². The third kappa shape index (κ3) is 5.25. The van der Waals surface area contributed by atoms with E-state index in [-0.39, 0.29) is 11.5 Å². The highest BCUT2D eigenvalue weighted by Gasteiger charge is 2.13. The molecule has 3 aromatic rings. The number of amides is 1. The zero-order valence-electron chi connectivity index (χ0n) is 14.7. The van der Waals surface area contributed by atoms with Crippen LogP contribution < -0.4 is 16.6 Å². The molecule has 4 N–H and O–H groups in total. The van der Waals surface area contributed by atoms with Crippen LogP contribution >= 0.6 is 23.4 Å². The van der Waals surface area contributed by atoms with E-state index in [1.807, 2.05) is 42.5 Å². The molecule has 0 fully saturated rings. The molecule has 3 rings (SSSR count). The zero-order valence-corrected chi connectivity index (χ0v) is 16.3. The van der Waals surface area contributed by atoms with Gasteiger partial charge in [0.1, 0.15) is 5.69 Å². The second kappa shape index (κ2) is 9.25. The van der Waals surface area contributed by atoms with Gasteiger partial charge in [-0.25, -0.2) is 4.98 Å². The molecule has 8 heteroatoms. The van der Waals surface area contributed by atoms with Crippen LogP contribution in [0, 0.1) is 0 Å². The monoisotopic (exact) mass is 412 g/mol. The van der Waals surface area contributed by atoms with E-state index in [9.17, 15) is 9.59 Å². The van der Waals surface area contributed by atoms with E-state index in [0.717, 1.165) is 5.56 Å². The first kappa shape index (κ1) is 19.7. The van der Waals surface area contributed by atoms with E-state index in [2.05, 4.69) is 15.3 Å². The van der Waals surface area contributed by atoms with Gasteiger partial charge < -0.3 is 11.1 Å². The van der Waals surface area contributed by atoms with Crippen LogP contribution in [0.1, 0.15) is 15.9 Å². The maximum absolute atomic E-state index is 12.3. The molecule has 0 saturated carbocycles. The molecule has 2 aromatic carbocycles. The number of benzene rings is 2. The number of nitrogens with zero attached hydrogens (tertiary/aromatic N) is 1. The molecule has 1 heterocycles. The molecule has 0 aliphatic carbocycles. The minimum atomic E-state index is -0.510. The van der Waals surface area contributed by atoms with Crippen molar-refractivity contribution in [3.05, 3.63) is 87.2 Å². The summed E-state index contributed by atoms with van der Waals surface area (Å²) < 4.78 is 0. The Morgan fingerprint density at radius 3 is 2.57 bits per heavy atom. The fourth-order valence-electron chi connectivity index (χ4n) is 2.32. The number of carbonyl (C=O) groups excluding carboxylic acids is 1. The van der Waals surface area contributed by atoms with Crippen molar-refractivity contribution >= 4 is 46.9 Å². The van der Waals surface area contributed by atoms with Crippen molar-refractivity contribution in [1.29, 1.82) is 0 Å². The predicted molar refractivity (Wildman–Crippen MR) is 115 cm³/mol. The van der Waals surface area contributed by atoms with Gasteiger partial charge in [-0.05, 0) is 29.8 Å². The van der Waals surface area contributed by atoms with Gasteiger partial charge in [0, 0.05) is 16.3 Å². The Bertz CT molecular complexity index is 1050. The van der Waals surface area contributed by atoms with Crippen LogP contribution in [0.5, 0.6) is 0 Å². The van der Waals surface area contributed by atoms with Crippen LogP contribution in [0.25, 0.3) is 6.08 Å². The maximum atomic E-state index is 12.3. The highest BCUT2D eigenvalue weighted by molar-refractivity contribution is 7.99. The van der Waals surface area contributed by atoms with Crippen LogP contribution in [0.2, 0.25) is 5.02 Å². The van der Waals surface area contributed by atoms with Crippen LogP contribution in [0.4, 0.5) is 11.5 Å². The highest BCUT2D eigenvalue weighted by atomic mass is 35.5. The molecule has 0 spiro atoms. The van der Waals surface area contributed by atoms with Gasteiger partial charge >= 0.3 is 0 Å². The summed E-state index contributed by atoms with van der Waals surface area (Å²) in [6, 6.07) is 16.2. The van der Waals surface area contributed by atoms with Crippen LogP contribution in [0.3, 0.4) is 0 Å². The number of carbonyl (C=O) groups is 1. The van der Waals surface area contributed by atoms with Gasteiger partial charge in [-0.1, -0.05) is 65.8 Å². The fraction of sp³-hybridized carbons (Fsp3) is 0.0500. The molecule has 142 valence electrons. The van der Waals surface area contributed by atoms with E-state index in [1.54, 1.807) is 24.3 Å². The lowest BCUT2D eigenvalue weighted by molar-refractivity contribution is 0.102. The van der Waals surface area contributed by atoms with E-state index >= 15 is 0 Å². The average Bonchev–Trinajstić information content (AvgIpc) is 2.69. The Morgan fingerprint density at radius 2 is 1.89 bits per heavy atom. The topological polar surface area (TPSA) is 101 Å². The number of thioether (sulfide) groups is 1. The standard InChI is InChI=1S/C20H17ClN4O2S/c21-15-10-8-14(9-11-15)18(26)23-16-17(22)24-20(25-19(16)27)28-12-4-7-13-5-2-1-3-6-13/h1-11H,12H2,(H,23,26)(H3,22,24,25,27)/b7-4+. The molecule has 0 saturated heterocycles. The van der Waals surface area contributed by atoms with Gasteiger partial charge in [-0.3, -0.25) is 14.6 Å². The maximum Gasteiger partial charge on any atom is 0.277 e. The summed E-state index contributed by atoms with van der Waals surface area (Å²) in [5.41, 5.74) is 6.72. The second-order valence-corrected chi connectivity index (χ2v) is 7.16. The Hall–Kier alpha value is -3.03. The minimum absolute atomic E-state index is 0.0411. The van der Waals surface area contributed by atoms with Gasteiger partial charge in [-0.2, -0.15) is 0 Å². The molecule has 1 amide bonds. The first-order valence-corrected chi connectivity index (χ1v) is 9.70. The summed E-state index contributed by atoms with van der Waals surface area (Å²) in [5.74, 6) is 0.0933. The van der Waals surface area contributed by atoms with E-state index in [1.165, 1.54) is 11.8 Å². The van der Waals surface area contributed by atoms with Crippen LogP contribution in [-0.2, 0) is 0 Å². The fourth-order valence-corrected chi connectivity index (χ4v) is 3.12. The van der Waals surface area contributed by atoms with Crippen molar-refractivity contribution in [3.8, 4) is 0 Å². The summed E-state index contributed by atoms with van der Waals surface area (Å²) >= 11 is 7.14. The van der Waals surface area contributed by atoms with E-state index < -0.39 is 11.5 Å². The summed E-state index contributed by atoms with van der Waals surface area (Å²) in [6.07, 6.45) is 3.95. The van der Waals surface area contributed by atoms with Crippen molar-refractivity contribution in [3.63, 3.8) is 0 Å². The SMILES string of the molecule is Nc1nc(SC/C=C/c2ccccc2)[nH]c(=O)c1NC(=O)c1ccc(Cl)cc1. The summed E-state index contributed by atoms with van der Waals surface area (Å²) in [7, 11) is 0. The first-order valence-electron chi connectivity index (χ1n) is 8.34. The van der Waals surface area contributed by atoms with Gasteiger partial charge in [-0.15, -0.1) is 0 Å². The number of hydrogen-bond donors (Lipinski definition) is 3. The molecule has 0 radical (unpaired) electrons. The lowest BCUT2D eigenvalue weighted by Gasteiger charge is -2.08. The summed E-state index contributed by atoms with van der Waals surface area (Å²) in [5, 5.41) is 3.39. The predicted octanol–water partition coefficient (Wildman–Crippen LogP) is 4.06. The highest BCUT2D eigenvalue weighted by Crippen LogP contribution is 2.18. The molecule has 6 nitrogen and oxygen atoms in total. The number of aromatic amines is 1. The number of rotatable bonds is 6. The first-order chi connectivity index (χ1) is 13.5. The normalized spacial score (nSPS) is 10.9. The number of hydrogen-bond acceptors (Lipinski definition) is 5. The quantitative estimate of drug-likeness (QED) is 0.418. The molecule has 28 heavy (non-hydrogen) atoms. The Labute approximate surface area is 170 Å². The molecule has 0 bridgehead atoms. The Kier molecular flexibility index (Phi) is 6.52. The average molecular weight is 413 g/mol. The van der Waals surface area contributed by atoms with Crippen molar-refractivity contribution in [1.82, 2.24) is 9.97 Å². The molecular weight excluding hydrogens is 396 g/mol. The zero-order chi connectivity index (χ0) is 19.9. The third-order valence-electron chi connectivity index (χ3n) is 3.70. The number of nitrogens with two attached hydrogens (primary N) is 1. The lowest BCUT2D eigenvalue weighted by atomic mass is 10.2. The molecule has 1 aromatic heterocycles. The third-order valence-corrected chi connectivity index (χ3v) is 4.77. The number of anilines is 2. The Morgan fingerprint density at radius 1 is 1.18 bits per heavy atom. The van der Waals surface area contributed by atoms with Crippen molar-refractivity contribution < 1.29 is 4.79 Å². The summed E-state index contributed by atoms with van der Waals surface area (Å²) in [6.45, 7) is 0. The number of nitrogen functional groups attached to an aromatic ring is 1. The van der Waals surface area contributed by atoms with Crippen LogP contribution in [0.15, 0.2) is 70.6 Å². The van der Waals surface area contributed by atoms with Gasteiger partial charge in [0.25, 0.3) is 11.5 Å². The molecule has 0 aliphatic rings. The number of H-pyrrole nitrogens is 1. The molecular formula is C20H17ClN4O2S. The molecule has 0 unspecified atom stereocenters. The number of halogens is 1. The Balaban J connectivity index is 1.65. The smallest absolute Gasteiger partial charge is 0.277 e. The van der Waals surface area contributed by atoms with Crippen molar-refractivity contribution in [2.24, 2.45) is 0 Å². The molecule has 0 atom stereocenters. The van der Waals surface area contributed by atoms with Crippen LogP contribution in [-0.4, -0.2) is 21.6 Å². The second-order valence-electron chi connectivity index (χ2n) is 5.72. The van der Waals surface area contributed by atoms with Gasteiger partial charge in [0.05, 0.1) is 0 Å². The summed E-state index contributed by atoms with van der Waals surface area (Å²) in [4.78, 5) is 31.3. The van der Waals surface area contributed by atoms with Crippen molar-refractivity contribution in [2.45, 2.75) is 5.16 Å². The van der Waals surface area contributed by atoms with Gasteiger partial charge in [0.2, 0.25) is 0 Å². The van der Waals surface area contributed by atoms with Gasteiger partial charge in [0.15, 0.2) is 11.0 Å². The number of nitrogens with one attached hydrogen (secondary N) is 2. The molecule has 0 aliphatic heterocycles. The van der Waals surface area contributed by atoms with Crippen molar-refractivity contribution in [2.75, 3.05) is 16.8 Å². The largest absolute Gasteiger partial charge is 0.382 e.